The first kappa shape index (κ1) is 14.0. The van der Waals surface area contributed by atoms with Gasteiger partial charge in [-0.2, -0.15) is 0 Å². The van der Waals surface area contributed by atoms with Crippen LogP contribution in [0.3, 0.4) is 0 Å². The van der Waals surface area contributed by atoms with E-state index in [-0.39, 0.29) is 12.4 Å². The zero-order valence-corrected chi connectivity index (χ0v) is 8.07. The van der Waals surface area contributed by atoms with Gasteiger partial charge < -0.3 is 10.8 Å². The van der Waals surface area contributed by atoms with Gasteiger partial charge in [0.2, 0.25) is 0 Å². The first-order valence-electron chi connectivity index (χ1n) is 3.65. The van der Waals surface area contributed by atoms with E-state index in [1.807, 2.05) is 0 Å². The topological polar surface area (TPSA) is 46.2 Å². The highest BCUT2D eigenvalue weighted by Gasteiger charge is 2.26. The Bertz CT molecular complexity index is 348. The van der Waals surface area contributed by atoms with Crippen molar-refractivity contribution in [1.29, 1.82) is 0 Å². The molecule has 0 saturated heterocycles. The minimum atomic E-state index is -3.07. The molecule has 0 fully saturated rings. The first-order chi connectivity index (χ1) is 6.45. The van der Waals surface area contributed by atoms with Crippen molar-refractivity contribution in [3.05, 3.63) is 29.3 Å². The number of benzene rings is 1. The highest BCUT2D eigenvalue weighted by Crippen LogP contribution is 2.31. The van der Waals surface area contributed by atoms with Crippen LogP contribution in [-0.2, 0) is 0 Å². The van der Waals surface area contributed by atoms with Crippen LogP contribution in [0.2, 0.25) is 0 Å². The average Bonchev–Trinajstić information content (AvgIpc) is 2.12. The highest BCUT2D eigenvalue weighted by molar-refractivity contribution is 5.85. The van der Waals surface area contributed by atoms with E-state index < -0.39 is 35.4 Å². The molecule has 1 rings (SSSR count). The van der Waals surface area contributed by atoms with Gasteiger partial charge >= 0.3 is 0 Å². The van der Waals surface area contributed by atoms with Gasteiger partial charge in [0.05, 0.1) is 11.6 Å². The summed E-state index contributed by atoms with van der Waals surface area (Å²) in [4.78, 5) is 0. The molecule has 0 radical (unpaired) electrons. The van der Waals surface area contributed by atoms with E-state index in [0.717, 1.165) is 0 Å². The first-order valence-corrected chi connectivity index (χ1v) is 3.65. The second-order valence-electron chi connectivity index (χ2n) is 2.65. The maximum atomic E-state index is 12.9. The monoisotopic (exact) mass is 245 g/mol. The van der Waals surface area contributed by atoms with Gasteiger partial charge in [-0.3, -0.25) is 0 Å². The number of phenolic OH excluding ortho intramolecular Hbond substituents is 1. The van der Waals surface area contributed by atoms with Crippen molar-refractivity contribution in [1.82, 2.24) is 0 Å². The Morgan fingerprint density at radius 1 is 1.13 bits per heavy atom. The Hall–Kier alpha value is -1.01. The van der Waals surface area contributed by atoms with Crippen molar-refractivity contribution in [2.45, 2.75) is 12.5 Å². The molecule has 0 aliphatic rings. The number of phenols is 1. The van der Waals surface area contributed by atoms with Gasteiger partial charge in [0, 0.05) is 0 Å². The third kappa shape index (κ3) is 2.73. The summed E-state index contributed by atoms with van der Waals surface area (Å²) in [7, 11) is 0. The Morgan fingerprint density at radius 3 is 2.07 bits per heavy atom. The molecule has 0 amide bonds. The predicted molar refractivity (Wildman–Crippen MR) is 48.2 cm³/mol. The van der Waals surface area contributed by atoms with Crippen LogP contribution in [0.15, 0.2) is 12.1 Å². The number of nitrogens with two attached hydrogens (primary N) is 1. The van der Waals surface area contributed by atoms with Gasteiger partial charge in [-0.25, -0.2) is 17.6 Å². The molecule has 0 aromatic heterocycles. The van der Waals surface area contributed by atoms with E-state index in [0.29, 0.717) is 12.1 Å². The summed E-state index contributed by atoms with van der Waals surface area (Å²) in [6, 6.07) is -0.774. The van der Waals surface area contributed by atoms with E-state index >= 15 is 0 Å². The SMILES string of the molecule is Cl.N[C@H](c1c(F)ccc(F)c1O)C(F)F. The Kier molecular flexibility index (Phi) is 4.83. The Balaban J connectivity index is 0.00000196. The average molecular weight is 246 g/mol. The van der Waals surface area contributed by atoms with Gasteiger partial charge in [0.1, 0.15) is 5.82 Å². The van der Waals surface area contributed by atoms with Crippen molar-refractivity contribution in [2.75, 3.05) is 0 Å². The number of rotatable bonds is 2. The predicted octanol–water partition coefficient (Wildman–Crippen LogP) is 2.36. The van der Waals surface area contributed by atoms with Crippen LogP contribution in [0.25, 0.3) is 0 Å². The fourth-order valence-corrected chi connectivity index (χ4v) is 1.000. The Labute approximate surface area is 89.1 Å². The molecule has 15 heavy (non-hydrogen) atoms. The van der Waals surface area contributed by atoms with Crippen molar-refractivity contribution < 1.29 is 22.7 Å². The molecule has 0 aliphatic carbocycles. The van der Waals surface area contributed by atoms with Crippen LogP contribution in [0.1, 0.15) is 11.6 Å². The van der Waals surface area contributed by atoms with Gasteiger partial charge in [-0.1, -0.05) is 0 Å². The molecule has 1 atom stereocenters. The van der Waals surface area contributed by atoms with E-state index in [1.54, 1.807) is 0 Å². The molecule has 0 saturated carbocycles. The molecular weight excluding hydrogens is 238 g/mol. The lowest BCUT2D eigenvalue weighted by atomic mass is 10.1. The smallest absolute Gasteiger partial charge is 0.257 e. The van der Waals surface area contributed by atoms with Gasteiger partial charge in [0.15, 0.2) is 11.6 Å². The molecule has 0 heterocycles. The Morgan fingerprint density at radius 2 is 1.60 bits per heavy atom. The van der Waals surface area contributed by atoms with Crippen LogP contribution in [0, 0.1) is 11.6 Å². The largest absolute Gasteiger partial charge is 0.505 e. The minimum absolute atomic E-state index is 0. The summed E-state index contributed by atoms with van der Waals surface area (Å²) in [6.45, 7) is 0. The maximum absolute atomic E-state index is 12.9. The molecular formula is C8H8ClF4NO. The van der Waals surface area contributed by atoms with Crippen molar-refractivity contribution >= 4 is 12.4 Å². The normalized spacial score (nSPS) is 12.4. The summed E-state index contributed by atoms with van der Waals surface area (Å²) in [5.74, 6) is -3.51. The van der Waals surface area contributed by atoms with E-state index in [1.165, 1.54) is 0 Å². The van der Waals surface area contributed by atoms with Crippen LogP contribution in [-0.4, -0.2) is 11.5 Å². The second-order valence-corrected chi connectivity index (χ2v) is 2.65. The number of alkyl halides is 2. The summed E-state index contributed by atoms with van der Waals surface area (Å²) in [5.41, 5.74) is 3.99. The molecule has 86 valence electrons. The van der Waals surface area contributed by atoms with E-state index in [9.17, 15) is 17.6 Å². The lowest BCUT2D eigenvalue weighted by Crippen LogP contribution is -2.20. The molecule has 2 nitrogen and oxygen atoms in total. The summed E-state index contributed by atoms with van der Waals surface area (Å²) in [6.07, 6.45) is -3.07. The van der Waals surface area contributed by atoms with Crippen LogP contribution < -0.4 is 5.73 Å². The molecule has 0 aliphatic heterocycles. The fourth-order valence-electron chi connectivity index (χ4n) is 1.000. The molecule has 1 aromatic rings. The van der Waals surface area contributed by atoms with Gasteiger partial charge in [0.25, 0.3) is 6.43 Å². The molecule has 7 heteroatoms. The minimum Gasteiger partial charge on any atom is -0.505 e. The molecule has 0 bridgehead atoms. The standard InChI is InChI=1S/C8H7F4NO.ClH/c9-3-1-2-4(10)7(14)5(3)6(13)8(11)12;/h1-2,6,8,14H,13H2;1H/t6-;/m1./s1. The number of halogens is 5. The lowest BCUT2D eigenvalue weighted by molar-refractivity contribution is 0.113. The van der Waals surface area contributed by atoms with Gasteiger partial charge in [-0.05, 0) is 12.1 Å². The lowest BCUT2D eigenvalue weighted by Gasteiger charge is -2.13. The maximum Gasteiger partial charge on any atom is 0.257 e. The van der Waals surface area contributed by atoms with Crippen molar-refractivity contribution in [3.63, 3.8) is 0 Å². The zero-order chi connectivity index (χ0) is 10.9. The summed E-state index contributed by atoms with van der Waals surface area (Å²) >= 11 is 0. The van der Waals surface area contributed by atoms with E-state index in [2.05, 4.69) is 0 Å². The molecule has 0 unspecified atom stereocenters. The van der Waals surface area contributed by atoms with Crippen LogP contribution in [0.5, 0.6) is 5.75 Å². The zero-order valence-electron chi connectivity index (χ0n) is 7.25. The summed E-state index contributed by atoms with van der Waals surface area (Å²) in [5, 5.41) is 8.97. The third-order valence-corrected chi connectivity index (χ3v) is 1.72. The van der Waals surface area contributed by atoms with Gasteiger partial charge in [-0.15, -0.1) is 12.4 Å². The molecule has 1 aromatic carbocycles. The molecule has 3 N–H and O–H groups in total. The highest BCUT2D eigenvalue weighted by atomic mass is 35.5. The number of hydrogen-bond acceptors (Lipinski definition) is 2. The second kappa shape index (κ2) is 5.18. The number of aromatic hydroxyl groups is 1. The van der Waals surface area contributed by atoms with Crippen LogP contribution >= 0.6 is 12.4 Å². The van der Waals surface area contributed by atoms with Crippen molar-refractivity contribution in [2.24, 2.45) is 5.73 Å². The van der Waals surface area contributed by atoms with Crippen molar-refractivity contribution in [3.8, 4) is 5.75 Å². The fraction of sp³-hybridized carbons (Fsp3) is 0.250. The van der Waals surface area contributed by atoms with Crippen LogP contribution in [0.4, 0.5) is 17.6 Å². The third-order valence-electron chi connectivity index (χ3n) is 1.72. The number of hydrogen-bond donors (Lipinski definition) is 2. The quantitative estimate of drug-likeness (QED) is 0.786. The van der Waals surface area contributed by atoms with E-state index in [4.69, 9.17) is 10.8 Å². The summed E-state index contributed by atoms with van der Waals surface area (Å²) < 4.78 is 49.7. The molecule has 0 spiro atoms.